The van der Waals surface area contributed by atoms with Crippen LogP contribution in [0.15, 0.2) is 10.7 Å². The van der Waals surface area contributed by atoms with E-state index < -0.39 is 15.3 Å². The molecule has 0 amide bonds. The van der Waals surface area contributed by atoms with Crippen molar-refractivity contribution in [1.82, 2.24) is 4.98 Å². The molecule has 0 bridgehead atoms. The van der Waals surface area contributed by atoms with E-state index in [2.05, 4.69) is 4.98 Å². The normalized spacial score (nSPS) is 28.4. The van der Waals surface area contributed by atoms with Crippen LogP contribution < -0.4 is 5.73 Å². The summed E-state index contributed by atoms with van der Waals surface area (Å²) in [4.78, 5) is 4.31. The highest BCUT2D eigenvalue weighted by atomic mass is 32.2. The van der Waals surface area contributed by atoms with Crippen LogP contribution in [-0.4, -0.2) is 31.5 Å². The molecule has 2 N–H and O–H groups in total. The van der Waals surface area contributed by atoms with Crippen LogP contribution in [-0.2, 0) is 21.7 Å². The highest BCUT2D eigenvalue weighted by molar-refractivity contribution is 7.91. The molecule has 2 rings (SSSR count). The summed E-state index contributed by atoms with van der Waals surface area (Å²) in [6.45, 7) is 2.40. The zero-order chi connectivity index (χ0) is 11.8. The summed E-state index contributed by atoms with van der Waals surface area (Å²) in [5.41, 5.74) is 5.75. The van der Waals surface area contributed by atoms with E-state index in [4.69, 9.17) is 10.2 Å². The molecular weight excluding hydrogens is 228 g/mol. The first-order valence-electron chi connectivity index (χ1n) is 5.31. The summed E-state index contributed by atoms with van der Waals surface area (Å²) in [5, 5.41) is 0. The first-order chi connectivity index (χ1) is 7.45. The van der Waals surface area contributed by atoms with Crippen LogP contribution in [0.5, 0.6) is 0 Å². The van der Waals surface area contributed by atoms with Gasteiger partial charge in [0.15, 0.2) is 9.84 Å². The Hall–Kier alpha value is -0.880. The topological polar surface area (TPSA) is 86.2 Å². The van der Waals surface area contributed by atoms with Crippen LogP contribution in [0.4, 0.5) is 0 Å². The Balaban J connectivity index is 2.23. The van der Waals surface area contributed by atoms with Crippen molar-refractivity contribution in [2.75, 3.05) is 18.1 Å². The maximum atomic E-state index is 11.5. The molecule has 1 aromatic rings. The van der Waals surface area contributed by atoms with Gasteiger partial charge in [0, 0.05) is 6.42 Å². The molecular formula is C10H16N2O3S. The molecule has 1 saturated heterocycles. The van der Waals surface area contributed by atoms with Crippen molar-refractivity contribution >= 4 is 9.84 Å². The first kappa shape index (κ1) is 11.6. The second kappa shape index (κ2) is 3.85. The molecule has 1 aliphatic rings. The molecule has 0 radical (unpaired) electrons. The molecule has 16 heavy (non-hydrogen) atoms. The fourth-order valence-electron chi connectivity index (χ4n) is 2.03. The van der Waals surface area contributed by atoms with Gasteiger partial charge in [0.05, 0.1) is 22.6 Å². The molecule has 2 heterocycles. The largest absolute Gasteiger partial charge is 0.448 e. The zero-order valence-electron chi connectivity index (χ0n) is 9.27. The van der Waals surface area contributed by atoms with Gasteiger partial charge in [-0.15, -0.1) is 0 Å². The van der Waals surface area contributed by atoms with Crippen molar-refractivity contribution in [3.63, 3.8) is 0 Å². The Morgan fingerprint density at radius 1 is 1.62 bits per heavy atom. The monoisotopic (exact) mass is 244 g/mol. The van der Waals surface area contributed by atoms with E-state index in [0.29, 0.717) is 25.3 Å². The third-order valence-corrected chi connectivity index (χ3v) is 4.87. The number of hydrogen-bond donors (Lipinski definition) is 1. The van der Waals surface area contributed by atoms with E-state index in [1.54, 1.807) is 6.26 Å². The highest BCUT2D eigenvalue weighted by Crippen LogP contribution is 2.34. The fourth-order valence-corrected chi connectivity index (χ4v) is 4.17. The molecule has 5 nitrogen and oxygen atoms in total. The van der Waals surface area contributed by atoms with Gasteiger partial charge in [-0.3, -0.25) is 0 Å². The summed E-state index contributed by atoms with van der Waals surface area (Å²) >= 11 is 0. The Labute approximate surface area is 95.0 Å². The smallest absolute Gasteiger partial charge is 0.201 e. The number of rotatable bonds is 3. The predicted octanol–water partition coefficient (Wildman–Crippen LogP) is 0.252. The van der Waals surface area contributed by atoms with Crippen molar-refractivity contribution in [2.45, 2.75) is 25.2 Å². The number of aromatic nitrogens is 1. The zero-order valence-corrected chi connectivity index (χ0v) is 10.1. The van der Waals surface area contributed by atoms with Crippen molar-refractivity contribution in [3.05, 3.63) is 17.8 Å². The van der Waals surface area contributed by atoms with Crippen molar-refractivity contribution in [1.29, 1.82) is 0 Å². The van der Waals surface area contributed by atoms with Gasteiger partial charge in [0.2, 0.25) is 5.89 Å². The quantitative estimate of drug-likeness (QED) is 0.823. The van der Waals surface area contributed by atoms with E-state index >= 15 is 0 Å². The van der Waals surface area contributed by atoms with Gasteiger partial charge in [-0.05, 0) is 19.9 Å². The van der Waals surface area contributed by atoms with E-state index in [9.17, 15) is 8.42 Å². The number of sulfone groups is 1. The second-order valence-electron chi connectivity index (χ2n) is 4.59. The Morgan fingerprint density at radius 2 is 2.38 bits per heavy atom. The van der Waals surface area contributed by atoms with Crippen LogP contribution >= 0.6 is 0 Å². The third-order valence-electron chi connectivity index (χ3n) is 2.97. The minimum Gasteiger partial charge on any atom is -0.448 e. The molecule has 90 valence electrons. The van der Waals surface area contributed by atoms with Gasteiger partial charge < -0.3 is 10.2 Å². The van der Waals surface area contributed by atoms with Crippen LogP contribution in [0, 0.1) is 0 Å². The van der Waals surface area contributed by atoms with Crippen molar-refractivity contribution in [2.24, 2.45) is 5.73 Å². The average Bonchev–Trinajstić information content (AvgIpc) is 2.73. The minimum atomic E-state index is -2.93. The molecule has 1 atom stereocenters. The molecule has 0 aliphatic carbocycles. The van der Waals surface area contributed by atoms with Crippen LogP contribution in [0.3, 0.4) is 0 Å². The SMILES string of the molecule is CC1(c2nc(CCN)co2)CCS(=O)(=O)C1. The van der Waals surface area contributed by atoms with Gasteiger partial charge in [-0.1, -0.05) is 0 Å². The summed E-state index contributed by atoms with van der Waals surface area (Å²) in [7, 11) is -2.93. The Morgan fingerprint density at radius 3 is 2.94 bits per heavy atom. The second-order valence-corrected chi connectivity index (χ2v) is 6.77. The molecule has 1 unspecified atom stereocenters. The van der Waals surface area contributed by atoms with E-state index in [1.165, 1.54) is 0 Å². The van der Waals surface area contributed by atoms with Gasteiger partial charge in [0.1, 0.15) is 6.26 Å². The third kappa shape index (κ3) is 2.12. The van der Waals surface area contributed by atoms with Gasteiger partial charge >= 0.3 is 0 Å². The summed E-state index contributed by atoms with van der Waals surface area (Å²) in [5.74, 6) is 0.873. The van der Waals surface area contributed by atoms with E-state index in [0.717, 1.165) is 5.69 Å². The van der Waals surface area contributed by atoms with Crippen LogP contribution in [0.25, 0.3) is 0 Å². The first-order valence-corrected chi connectivity index (χ1v) is 7.13. The lowest BCUT2D eigenvalue weighted by Gasteiger charge is -2.16. The van der Waals surface area contributed by atoms with Gasteiger partial charge in [0.25, 0.3) is 0 Å². The lowest BCUT2D eigenvalue weighted by Crippen LogP contribution is -2.23. The lowest BCUT2D eigenvalue weighted by atomic mass is 9.90. The standard InChI is InChI=1S/C10H16N2O3S/c1-10(3-5-16(13,14)7-10)9-12-8(2-4-11)6-15-9/h6H,2-5,7,11H2,1H3. The molecule has 1 fully saturated rings. The van der Waals surface area contributed by atoms with Crippen molar-refractivity contribution < 1.29 is 12.8 Å². The van der Waals surface area contributed by atoms with E-state index in [-0.39, 0.29) is 11.5 Å². The van der Waals surface area contributed by atoms with E-state index in [1.807, 2.05) is 6.92 Å². The maximum Gasteiger partial charge on any atom is 0.201 e. The molecule has 1 aromatic heterocycles. The number of oxazole rings is 1. The van der Waals surface area contributed by atoms with Gasteiger partial charge in [-0.25, -0.2) is 13.4 Å². The average molecular weight is 244 g/mol. The maximum absolute atomic E-state index is 11.5. The molecule has 0 aromatic carbocycles. The minimum absolute atomic E-state index is 0.128. The molecule has 0 spiro atoms. The van der Waals surface area contributed by atoms with Crippen LogP contribution in [0.2, 0.25) is 0 Å². The molecule has 0 saturated carbocycles. The van der Waals surface area contributed by atoms with Gasteiger partial charge in [-0.2, -0.15) is 0 Å². The fraction of sp³-hybridized carbons (Fsp3) is 0.700. The van der Waals surface area contributed by atoms with Crippen molar-refractivity contribution in [3.8, 4) is 0 Å². The number of nitrogens with zero attached hydrogens (tertiary/aromatic N) is 1. The Bertz CT molecular complexity index is 480. The summed E-state index contributed by atoms with van der Waals surface area (Å²) in [6.07, 6.45) is 2.81. The predicted molar refractivity (Wildman–Crippen MR) is 59.9 cm³/mol. The summed E-state index contributed by atoms with van der Waals surface area (Å²) in [6, 6.07) is 0. The lowest BCUT2D eigenvalue weighted by molar-refractivity contribution is 0.374. The highest BCUT2D eigenvalue weighted by Gasteiger charge is 2.43. The Kier molecular flexibility index (Phi) is 2.79. The number of nitrogens with two attached hydrogens (primary N) is 1. The molecule has 1 aliphatic heterocycles. The van der Waals surface area contributed by atoms with Crippen LogP contribution in [0.1, 0.15) is 24.9 Å². The molecule has 6 heteroatoms. The summed E-state index contributed by atoms with van der Waals surface area (Å²) < 4.78 is 28.3. The number of hydrogen-bond acceptors (Lipinski definition) is 5.